The van der Waals surface area contributed by atoms with Gasteiger partial charge < -0.3 is 15.5 Å². The van der Waals surface area contributed by atoms with Crippen LogP contribution in [-0.4, -0.2) is 44.5 Å². The number of rotatable bonds is 5. The molecule has 0 bridgehead atoms. The second-order valence-corrected chi connectivity index (χ2v) is 3.58. The van der Waals surface area contributed by atoms with Gasteiger partial charge in [0.05, 0.1) is 0 Å². The molecule has 1 amide bonds. The molecular formula is C10H13N3O5. The van der Waals surface area contributed by atoms with E-state index in [-0.39, 0.29) is 24.2 Å². The number of aliphatic hydroxyl groups excluding tert-OH is 1. The molecular weight excluding hydrogens is 242 g/mol. The molecule has 0 spiro atoms. The largest absolute Gasteiger partial charge is 0.479 e. The quantitative estimate of drug-likeness (QED) is 0.579. The van der Waals surface area contributed by atoms with Crippen molar-refractivity contribution in [3.63, 3.8) is 0 Å². The Bertz CT molecular complexity index is 510. The van der Waals surface area contributed by atoms with E-state index in [4.69, 9.17) is 10.2 Å². The molecule has 18 heavy (non-hydrogen) atoms. The molecule has 8 nitrogen and oxygen atoms in total. The third kappa shape index (κ3) is 3.67. The number of carboxylic acid groups (broad SMARTS) is 1. The van der Waals surface area contributed by atoms with Gasteiger partial charge in [0.25, 0.3) is 11.5 Å². The number of aliphatic hydroxyl groups is 1. The van der Waals surface area contributed by atoms with E-state index in [1.165, 1.54) is 19.2 Å². The minimum absolute atomic E-state index is 0.00315. The lowest BCUT2D eigenvalue weighted by molar-refractivity contribution is -0.146. The third-order valence-corrected chi connectivity index (χ3v) is 2.18. The Labute approximate surface area is 102 Å². The van der Waals surface area contributed by atoms with Gasteiger partial charge in [-0.2, -0.15) is 5.10 Å². The van der Waals surface area contributed by atoms with Crippen molar-refractivity contribution in [2.75, 3.05) is 6.54 Å². The van der Waals surface area contributed by atoms with Crippen LogP contribution in [-0.2, 0) is 11.8 Å². The SMILES string of the molecule is Cn1nc(C(=O)NCC[C@H](O)C(=O)O)ccc1=O. The van der Waals surface area contributed by atoms with Gasteiger partial charge in [0.1, 0.15) is 5.69 Å². The molecule has 0 saturated heterocycles. The summed E-state index contributed by atoms with van der Waals surface area (Å²) >= 11 is 0. The fourth-order valence-electron chi connectivity index (χ4n) is 1.16. The number of aryl methyl sites for hydroxylation is 1. The van der Waals surface area contributed by atoms with Crippen LogP contribution in [0.4, 0.5) is 0 Å². The van der Waals surface area contributed by atoms with Crippen molar-refractivity contribution in [1.29, 1.82) is 0 Å². The summed E-state index contributed by atoms with van der Waals surface area (Å²) in [5.41, 5.74) is -0.297. The number of nitrogens with zero attached hydrogens (tertiary/aromatic N) is 2. The fourth-order valence-corrected chi connectivity index (χ4v) is 1.16. The first-order valence-electron chi connectivity index (χ1n) is 5.15. The molecule has 0 aliphatic carbocycles. The van der Waals surface area contributed by atoms with Gasteiger partial charge in [-0.05, 0) is 6.07 Å². The zero-order chi connectivity index (χ0) is 13.7. The molecule has 0 aliphatic heterocycles. The number of carboxylic acids is 1. The van der Waals surface area contributed by atoms with Crippen molar-refractivity contribution in [3.8, 4) is 0 Å². The van der Waals surface area contributed by atoms with E-state index < -0.39 is 18.0 Å². The van der Waals surface area contributed by atoms with E-state index in [1.54, 1.807) is 0 Å². The summed E-state index contributed by atoms with van der Waals surface area (Å²) in [7, 11) is 1.41. The Morgan fingerprint density at radius 3 is 2.72 bits per heavy atom. The molecule has 1 atom stereocenters. The number of carbonyl (C=O) groups is 2. The topological polar surface area (TPSA) is 122 Å². The van der Waals surface area contributed by atoms with Crippen LogP contribution < -0.4 is 10.9 Å². The summed E-state index contributed by atoms with van der Waals surface area (Å²) in [6.45, 7) is -0.00315. The van der Waals surface area contributed by atoms with Gasteiger partial charge in [-0.25, -0.2) is 9.48 Å². The highest BCUT2D eigenvalue weighted by Gasteiger charge is 2.14. The Morgan fingerprint density at radius 2 is 2.17 bits per heavy atom. The van der Waals surface area contributed by atoms with E-state index in [1.807, 2.05) is 0 Å². The molecule has 1 heterocycles. The standard InChI is InChI=1S/C10H13N3O5/c1-13-8(15)3-2-6(12-13)9(16)11-5-4-7(14)10(17)18/h2-3,7,14H,4-5H2,1H3,(H,11,16)(H,17,18)/t7-/m0/s1. The first-order chi connectivity index (χ1) is 8.41. The molecule has 1 rings (SSSR count). The summed E-state index contributed by atoms with van der Waals surface area (Å²) in [5, 5.41) is 23.5. The monoisotopic (exact) mass is 255 g/mol. The molecule has 1 aromatic heterocycles. The Kier molecular flexibility index (Phi) is 4.55. The van der Waals surface area contributed by atoms with Gasteiger partial charge in [0.15, 0.2) is 6.10 Å². The van der Waals surface area contributed by atoms with Gasteiger partial charge in [0, 0.05) is 26.1 Å². The van der Waals surface area contributed by atoms with Crippen LogP contribution in [0.15, 0.2) is 16.9 Å². The molecule has 1 aromatic rings. The first-order valence-corrected chi connectivity index (χ1v) is 5.15. The second-order valence-electron chi connectivity index (χ2n) is 3.58. The average Bonchev–Trinajstić information content (AvgIpc) is 2.32. The summed E-state index contributed by atoms with van der Waals surface area (Å²) in [4.78, 5) is 32.9. The Hall–Kier alpha value is -2.22. The van der Waals surface area contributed by atoms with Crippen molar-refractivity contribution in [2.24, 2.45) is 7.05 Å². The average molecular weight is 255 g/mol. The summed E-state index contributed by atoms with van der Waals surface area (Å²) in [5.74, 6) is -1.88. The predicted molar refractivity (Wildman–Crippen MR) is 60.1 cm³/mol. The molecule has 0 saturated carbocycles. The maximum absolute atomic E-state index is 11.5. The highest BCUT2D eigenvalue weighted by atomic mass is 16.4. The lowest BCUT2D eigenvalue weighted by atomic mass is 10.2. The number of amides is 1. The van der Waals surface area contributed by atoms with E-state index in [9.17, 15) is 14.4 Å². The summed E-state index contributed by atoms with van der Waals surface area (Å²) in [6.07, 6.45) is -1.62. The lowest BCUT2D eigenvalue weighted by Gasteiger charge is -2.07. The molecule has 0 aromatic carbocycles. The Balaban J connectivity index is 2.53. The van der Waals surface area contributed by atoms with Crippen LogP contribution in [0, 0.1) is 0 Å². The first kappa shape index (κ1) is 13.8. The van der Waals surface area contributed by atoms with E-state index >= 15 is 0 Å². The maximum Gasteiger partial charge on any atom is 0.332 e. The van der Waals surface area contributed by atoms with Crippen LogP contribution in [0.1, 0.15) is 16.9 Å². The van der Waals surface area contributed by atoms with Crippen molar-refractivity contribution in [1.82, 2.24) is 15.1 Å². The zero-order valence-corrected chi connectivity index (χ0v) is 9.66. The van der Waals surface area contributed by atoms with Crippen LogP contribution in [0.5, 0.6) is 0 Å². The van der Waals surface area contributed by atoms with Crippen LogP contribution in [0.3, 0.4) is 0 Å². The zero-order valence-electron chi connectivity index (χ0n) is 9.66. The number of carbonyl (C=O) groups excluding carboxylic acids is 1. The van der Waals surface area contributed by atoms with Gasteiger partial charge in [-0.15, -0.1) is 0 Å². The smallest absolute Gasteiger partial charge is 0.332 e. The van der Waals surface area contributed by atoms with Crippen LogP contribution in [0.2, 0.25) is 0 Å². The van der Waals surface area contributed by atoms with E-state index in [0.29, 0.717) is 0 Å². The lowest BCUT2D eigenvalue weighted by Crippen LogP contribution is -2.32. The Morgan fingerprint density at radius 1 is 1.50 bits per heavy atom. The van der Waals surface area contributed by atoms with Crippen LogP contribution in [0.25, 0.3) is 0 Å². The number of aliphatic carboxylic acids is 1. The molecule has 3 N–H and O–H groups in total. The summed E-state index contributed by atoms with van der Waals surface area (Å²) in [6, 6.07) is 2.47. The highest BCUT2D eigenvalue weighted by molar-refractivity contribution is 5.92. The van der Waals surface area contributed by atoms with Gasteiger partial charge >= 0.3 is 5.97 Å². The predicted octanol–water partition coefficient (Wildman–Crippen LogP) is -1.65. The maximum atomic E-state index is 11.5. The number of nitrogens with one attached hydrogen (secondary N) is 1. The molecule has 0 fully saturated rings. The number of aromatic nitrogens is 2. The van der Waals surface area contributed by atoms with Crippen molar-refractivity contribution in [3.05, 3.63) is 28.2 Å². The van der Waals surface area contributed by atoms with Crippen LogP contribution >= 0.6 is 0 Å². The van der Waals surface area contributed by atoms with Crippen molar-refractivity contribution < 1.29 is 19.8 Å². The normalized spacial score (nSPS) is 11.9. The number of hydrogen-bond donors (Lipinski definition) is 3. The second kappa shape index (κ2) is 5.92. The van der Waals surface area contributed by atoms with Gasteiger partial charge in [0.2, 0.25) is 0 Å². The molecule has 0 unspecified atom stereocenters. The van der Waals surface area contributed by atoms with Crippen molar-refractivity contribution >= 4 is 11.9 Å². The fraction of sp³-hybridized carbons (Fsp3) is 0.400. The van der Waals surface area contributed by atoms with Gasteiger partial charge in [-0.1, -0.05) is 0 Å². The number of hydrogen-bond acceptors (Lipinski definition) is 5. The molecule has 0 aliphatic rings. The van der Waals surface area contributed by atoms with Crippen molar-refractivity contribution in [2.45, 2.75) is 12.5 Å². The minimum Gasteiger partial charge on any atom is -0.479 e. The van der Waals surface area contributed by atoms with Gasteiger partial charge in [-0.3, -0.25) is 9.59 Å². The molecule has 98 valence electrons. The van der Waals surface area contributed by atoms with E-state index in [2.05, 4.69) is 10.4 Å². The highest BCUT2D eigenvalue weighted by Crippen LogP contribution is 1.93. The van der Waals surface area contributed by atoms with E-state index in [0.717, 1.165) is 4.68 Å². The third-order valence-electron chi connectivity index (χ3n) is 2.18. The molecule has 0 radical (unpaired) electrons. The summed E-state index contributed by atoms with van der Waals surface area (Å²) < 4.78 is 1.01. The minimum atomic E-state index is -1.52. The molecule has 8 heteroatoms.